The molecule has 0 saturated heterocycles. The Bertz CT molecular complexity index is 469. The van der Waals surface area contributed by atoms with Gasteiger partial charge in [-0.15, -0.1) is 0 Å². The average Bonchev–Trinajstić information content (AvgIpc) is 2.19. The molecule has 0 atom stereocenters. The highest BCUT2D eigenvalue weighted by atomic mass is 79.9. The predicted octanol–water partition coefficient (Wildman–Crippen LogP) is 2.89. The van der Waals surface area contributed by atoms with Crippen LogP contribution in [0.25, 0.3) is 0 Å². The first kappa shape index (κ1) is 12.6. The zero-order chi connectivity index (χ0) is 12.3. The molecule has 0 fully saturated rings. The number of hydrogen-bond acceptors (Lipinski definition) is 2. The van der Waals surface area contributed by atoms with Crippen molar-refractivity contribution in [1.29, 1.82) is 5.26 Å². The number of aliphatic carboxylic acids is 1. The number of carboxylic acid groups (broad SMARTS) is 1. The molecule has 1 rings (SSSR count). The lowest BCUT2D eigenvalue weighted by Crippen LogP contribution is -2.02. The maximum Gasteiger partial charge on any atom is 0.307 e. The Morgan fingerprint density at radius 1 is 1.56 bits per heavy atom. The lowest BCUT2D eigenvalue weighted by molar-refractivity contribution is -0.136. The van der Waals surface area contributed by atoms with E-state index >= 15 is 0 Å². The summed E-state index contributed by atoms with van der Waals surface area (Å²) < 4.78 is 25.2. The van der Waals surface area contributed by atoms with Crippen molar-refractivity contribution in [1.82, 2.24) is 0 Å². The lowest BCUT2D eigenvalue weighted by atomic mass is 10.0. The monoisotopic (exact) mass is 289 g/mol. The summed E-state index contributed by atoms with van der Waals surface area (Å²) in [7, 11) is 0. The molecule has 0 bridgehead atoms. The number of benzene rings is 1. The van der Waals surface area contributed by atoms with E-state index in [4.69, 9.17) is 10.4 Å². The van der Waals surface area contributed by atoms with Gasteiger partial charge in [-0.2, -0.15) is 5.26 Å². The highest BCUT2D eigenvalue weighted by molar-refractivity contribution is 9.10. The summed E-state index contributed by atoms with van der Waals surface area (Å²) in [5.41, 5.74) is -0.174. The minimum Gasteiger partial charge on any atom is -0.481 e. The number of carboxylic acids is 1. The zero-order valence-electron chi connectivity index (χ0n) is 7.88. The molecule has 0 unspecified atom stereocenters. The molecule has 84 valence electrons. The molecule has 1 N–H and O–H groups in total. The molecule has 3 nitrogen and oxygen atoms in total. The van der Waals surface area contributed by atoms with Crippen molar-refractivity contribution in [2.45, 2.75) is 12.8 Å². The fourth-order valence-electron chi connectivity index (χ4n) is 1.23. The van der Waals surface area contributed by atoms with Gasteiger partial charge in [-0.3, -0.25) is 4.79 Å². The molecule has 16 heavy (non-hydrogen) atoms. The van der Waals surface area contributed by atoms with Crippen molar-refractivity contribution in [3.05, 3.63) is 33.3 Å². The van der Waals surface area contributed by atoms with Crippen molar-refractivity contribution >= 4 is 21.9 Å². The van der Waals surface area contributed by atoms with Gasteiger partial charge in [-0.05, 0) is 33.6 Å². The van der Waals surface area contributed by atoms with Gasteiger partial charge in [-0.25, -0.2) is 8.78 Å². The fourth-order valence-corrected chi connectivity index (χ4v) is 1.72. The molecule has 0 spiro atoms. The van der Waals surface area contributed by atoms with Gasteiger partial charge in [0.2, 0.25) is 0 Å². The Hall–Kier alpha value is -1.48. The number of nitriles is 1. The van der Waals surface area contributed by atoms with E-state index in [2.05, 4.69) is 15.9 Å². The number of alkyl halides is 2. The molecular weight excluding hydrogens is 284 g/mol. The van der Waals surface area contributed by atoms with Crippen LogP contribution in [0.1, 0.15) is 23.1 Å². The summed E-state index contributed by atoms with van der Waals surface area (Å²) in [6.07, 6.45) is -3.14. The van der Waals surface area contributed by atoms with Crippen LogP contribution in [0.15, 0.2) is 16.6 Å². The summed E-state index contributed by atoms with van der Waals surface area (Å²) in [4.78, 5) is 10.5. The molecule has 0 aliphatic rings. The molecule has 6 heteroatoms. The Labute approximate surface area is 98.4 Å². The van der Waals surface area contributed by atoms with Gasteiger partial charge in [0.15, 0.2) is 0 Å². The summed E-state index contributed by atoms with van der Waals surface area (Å²) in [5.74, 6) is -1.13. The Kier molecular flexibility index (Phi) is 3.96. The highest BCUT2D eigenvalue weighted by Gasteiger charge is 2.17. The third-order valence-electron chi connectivity index (χ3n) is 1.87. The van der Waals surface area contributed by atoms with Gasteiger partial charge in [-0.1, -0.05) is 0 Å². The summed E-state index contributed by atoms with van der Waals surface area (Å²) in [6.45, 7) is 0. The number of nitrogens with zero attached hydrogens (tertiary/aromatic N) is 1. The highest BCUT2D eigenvalue weighted by Crippen LogP contribution is 2.31. The molecule has 0 aliphatic heterocycles. The zero-order valence-corrected chi connectivity index (χ0v) is 9.46. The SMILES string of the molecule is N#Cc1cc(CC(=O)O)cc(C(F)F)c1Br. The first-order chi connectivity index (χ1) is 7.45. The van der Waals surface area contributed by atoms with E-state index < -0.39 is 12.4 Å². The molecule has 0 aromatic heterocycles. The van der Waals surface area contributed by atoms with E-state index in [1.54, 1.807) is 6.07 Å². The average molecular weight is 290 g/mol. The molecule has 1 aromatic rings. The van der Waals surface area contributed by atoms with Crippen molar-refractivity contribution in [3.8, 4) is 6.07 Å². The summed E-state index contributed by atoms with van der Waals surface area (Å²) >= 11 is 2.89. The largest absolute Gasteiger partial charge is 0.481 e. The third-order valence-corrected chi connectivity index (χ3v) is 2.76. The molecule has 0 amide bonds. The Balaban J connectivity index is 3.29. The van der Waals surface area contributed by atoms with Crippen molar-refractivity contribution in [2.75, 3.05) is 0 Å². The van der Waals surface area contributed by atoms with Crippen molar-refractivity contribution < 1.29 is 18.7 Å². The number of halogens is 3. The van der Waals surface area contributed by atoms with Gasteiger partial charge < -0.3 is 5.11 Å². The van der Waals surface area contributed by atoms with Gasteiger partial charge in [0.1, 0.15) is 6.07 Å². The standard InChI is InChI=1S/C10H6BrF2NO2/c11-9-6(4-14)1-5(3-8(15)16)2-7(9)10(12)13/h1-2,10H,3H2,(H,15,16). The number of rotatable bonds is 3. The molecular formula is C10H6BrF2NO2. The maximum absolute atomic E-state index is 12.6. The predicted molar refractivity (Wildman–Crippen MR) is 55.2 cm³/mol. The first-order valence-corrected chi connectivity index (χ1v) is 4.97. The minimum absolute atomic E-state index is 0.00838. The van der Waals surface area contributed by atoms with Crippen LogP contribution in [0.5, 0.6) is 0 Å². The number of carbonyl (C=O) groups is 1. The van der Waals surface area contributed by atoms with Crippen molar-refractivity contribution in [3.63, 3.8) is 0 Å². The van der Waals surface area contributed by atoms with Crippen LogP contribution in [-0.4, -0.2) is 11.1 Å². The Morgan fingerprint density at radius 3 is 2.62 bits per heavy atom. The lowest BCUT2D eigenvalue weighted by Gasteiger charge is -2.07. The summed E-state index contributed by atoms with van der Waals surface area (Å²) in [5, 5.41) is 17.3. The van der Waals surface area contributed by atoms with Crippen LogP contribution in [0.2, 0.25) is 0 Å². The molecule has 0 heterocycles. The van der Waals surface area contributed by atoms with Crippen LogP contribution < -0.4 is 0 Å². The van der Waals surface area contributed by atoms with Crippen molar-refractivity contribution in [2.24, 2.45) is 0 Å². The van der Waals surface area contributed by atoms with E-state index in [0.717, 1.165) is 6.07 Å². The normalized spacial score (nSPS) is 10.2. The second-order valence-electron chi connectivity index (χ2n) is 3.03. The second kappa shape index (κ2) is 5.03. The topological polar surface area (TPSA) is 61.1 Å². The number of hydrogen-bond donors (Lipinski definition) is 1. The molecule has 0 saturated carbocycles. The van der Waals surface area contributed by atoms with Gasteiger partial charge in [0.25, 0.3) is 6.43 Å². The third kappa shape index (κ3) is 2.76. The molecule has 1 aromatic carbocycles. The fraction of sp³-hybridized carbons (Fsp3) is 0.200. The van der Waals surface area contributed by atoms with E-state index in [-0.39, 0.29) is 27.6 Å². The van der Waals surface area contributed by atoms with Crippen LogP contribution in [0, 0.1) is 11.3 Å². The quantitative estimate of drug-likeness (QED) is 0.931. The van der Waals surface area contributed by atoms with Gasteiger partial charge >= 0.3 is 5.97 Å². The van der Waals surface area contributed by atoms with Crippen LogP contribution >= 0.6 is 15.9 Å². The molecule has 0 aliphatic carbocycles. The first-order valence-electron chi connectivity index (χ1n) is 4.18. The van der Waals surface area contributed by atoms with E-state index in [1.807, 2.05) is 0 Å². The van der Waals surface area contributed by atoms with Crippen LogP contribution in [-0.2, 0) is 11.2 Å². The maximum atomic E-state index is 12.6. The second-order valence-corrected chi connectivity index (χ2v) is 3.82. The van der Waals surface area contributed by atoms with E-state index in [9.17, 15) is 13.6 Å². The summed E-state index contributed by atoms with van der Waals surface area (Å²) in [6, 6.07) is 4.10. The van der Waals surface area contributed by atoms with Crippen LogP contribution in [0.3, 0.4) is 0 Å². The van der Waals surface area contributed by atoms with E-state index in [0.29, 0.717) is 0 Å². The Morgan fingerprint density at radius 2 is 2.19 bits per heavy atom. The smallest absolute Gasteiger partial charge is 0.307 e. The van der Waals surface area contributed by atoms with Gasteiger partial charge in [0, 0.05) is 10.0 Å². The van der Waals surface area contributed by atoms with Gasteiger partial charge in [0.05, 0.1) is 12.0 Å². The van der Waals surface area contributed by atoms with Crippen LogP contribution in [0.4, 0.5) is 8.78 Å². The van der Waals surface area contributed by atoms with E-state index in [1.165, 1.54) is 6.07 Å². The minimum atomic E-state index is -2.75. The molecule has 0 radical (unpaired) electrons.